The molecule has 0 N–H and O–H groups in total. The van der Waals surface area contributed by atoms with Crippen LogP contribution < -0.4 is 0 Å². The predicted molar refractivity (Wildman–Crippen MR) is 51.5 cm³/mol. The average molecular weight is 185 g/mol. The number of rotatable bonds is 2. The van der Waals surface area contributed by atoms with Crippen molar-refractivity contribution >= 4 is 5.91 Å². The lowest BCUT2D eigenvalue weighted by molar-refractivity contribution is -0.142. The molecule has 1 saturated heterocycles. The highest BCUT2D eigenvalue weighted by Crippen LogP contribution is 2.20. The molecule has 1 heterocycles. The highest BCUT2D eigenvalue weighted by molar-refractivity contribution is 5.81. The molecule has 1 amide bonds. The van der Waals surface area contributed by atoms with Crippen LogP contribution in [0.5, 0.6) is 0 Å². The van der Waals surface area contributed by atoms with Crippen LogP contribution in [0.4, 0.5) is 0 Å². The van der Waals surface area contributed by atoms with Crippen molar-refractivity contribution in [3.63, 3.8) is 0 Å². The summed E-state index contributed by atoms with van der Waals surface area (Å²) in [6.45, 7) is 6.04. The number of nitrogens with zero attached hydrogens (tertiary/aromatic N) is 1. The largest absolute Gasteiger partial charge is 0.365 e. The van der Waals surface area contributed by atoms with E-state index in [0.717, 1.165) is 12.8 Å². The molecule has 1 aliphatic rings. The van der Waals surface area contributed by atoms with E-state index in [0.29, 0.717) is 0 Å². The zero-order chi connectivity index (χ0) is 10.0. The first-order valence-corrected chi connectivity index (χ1v) is 4.94. The molecule has 0 bridgehead atoms. The standard InChI is InChI=1S/C10H19NO2/c1-7(2)11(4)10(12)9-6-5-8(3)13-9/h7-9H,5-6H2,1-4H3/t8-,9-/m0/s1. The highest BCUT2D eigenvalue weighted by Gasteiger charge is 2.30. The van der Waals surface area contributed by atoms with E-state index in [1.54, 1.807) is 4.90 Å². The Kier molecular flexibility index (Phi) is 3.31. The van der Waals surface area contributed by atoms with Crippen LogP contribution in [-0.4, -0.2) is 36.1 Å². The van der Waals surface area contributed by atoms with Gasteiger partial charge in [0.1, 0.15) is 6.10 Å². The van der Waals surface area contributed by atoms with Crippen LogP contribution in [-0.2, 0) is 9.53 Å². The van der Waals surface area contributed by atoms with E-state index in [1.807, 2.05) is 27.8 Å². The monoisotopic (exact) mass is 185 g/mol. The molecule has 0 aromatic carbocycles. The highest BCUT2D eigenvalue weighted by atomic mass is 16.5. The summed E-state index contributed by atoms with van der Waals surface area (Å²) in [6, 6.07) is 0.256. The summed E-state index contributed by atoms with van der Waals surface area (Å²) in [6.07, 6.45) is 1.93. The van der Waals surface area contributed by atoms with Crippen molar-refractivity contribution in [2.75, 3.05) is 7.05 Å². The summed E-state index contributed by atoms with van der Waals surface area (Å²) in [7, 11) is 1.83. The molecule has 1 rings (SSSR count). The van der Waals surface area contributed by atoms with Crippen LogP contribution in [0.2, 0.25) is 0 Å². The molecule has 0 radical (unpaired) electrons. The molecule has 76 valence electrons. The first-order chi connectivity index (χ1) is 6.02. The first kappa shape index (κ1) is 10.5. The maximum Gasteiger partial charge on any atom is 0.251 e. The van der Waals surface area contributed by atoms with E-state index in [1.165, 1.54) is 0 Å². The molecule has 2 atom stereocenters. The molecule has 0 aromatic rings. The lowest BCUT2D eigenvalue weighted by Gasteiger charge is -2.24. The molecule has 1 aliphatic heterocycles. The smallest absolute Gasteiger partial charge is 0.251 e. The number of carbonyl (C=O) groups is 1. The van der Waals surface area contributed by atoms with Gasteiger partial charge in [0.25, 0.3) is 5.91 Å². The molecule has 13 heavy (non-hydrogen) atoms. The topological polar surface area (TPSA) is 29.5 Å². The van der Waals surface area contributed by atoms with Crippen molar-refractivity contribution in [3.8, 4) is 0 Å². The second-order valence-corrected chi connectivity index (χ2v) is 4.06. The summed E-state index contributed by atoms with van der Waals surface area (Å²) in [4.78, 5) is 13.5. The van der Waals surface area contributed by atoms with Gasteiger partial charge in [-0.25, -0.2) is 0 Å². The van der Waals surface area contributed by atoms with Gasteiger partial charge in [0.2, 0.25) is 0 Å². The normalized spacial score (nSPS) is 28.1. The summed E-state index contributed by atoms with van der Waals surface area (Å²) >= 11 is 0. The zero-order valence-corrected chi connectivity index (χ0v) is 8.91. The third-order valence-electron chi connectivity index (χ3n) is 2.63. The Morgan fingerprint density at radius 1 is 1.46 bits per heavy atom. The maximum atomic E-state index is 11.7. The quantitative estimate of drug-likeness (QED) is 0.651. The second kappa shape index (κ2) is 4.09. The van der Waals surface area contributed by atoms with E-state index in [2.05, 4.69) is 0 Å². The van der Waals surface area contributed by atoms with Gasteiger partial charge in [-0.05, 0) is 33.6 Å². The number of hydrogen-bond acceptors (Lipinski definition) is 2. The van der Waals surface area contributed by atoms with Crippen LogP contribution in [0.15, 0.2) is 0 Å². The van der Waals surface area contributed by atoms with Crippen LogP contribution in [0.3, 0.4) is 0 Å². The van der Waals surface area contributed by atoms with Gasteiger partial charge in [-0.1, -0.05) is 0 Å². The van der Waals surface area contributed by atoms with Gasteiger partial charge in [0.05, 0.1) is 6.10 Å². The third-order valence-corrected chi connectivity index (χ3v) is 2.63. The van der Waals surface area contributed by atoms with Gasteiger partial charge >= 0.3 is 0 Å². The Hall–Kier alpha value is -0.570. The lowest BCUT2D eigenvalue weighted by atomic mass is 10.2. The minimum absolute atomic E-state index is 0.124. The summed E-state index contributed by atoms with van der Waals surface area (Å²) < 4.78 is 5.50. The Labute approximate surface area is 80.1 Å². The van der Waals surface area contributed by atoms with E-state index >= 15 is 0 Å². The van der Waals surface area contributed by atoms with E-state index < -0.39 is 0 Å². The Morgan fingerprint density at radius 3 is 2.46 bits per heavy atom. The average Bonchev–Trinajstić information content (AvgIpc) is 2.49. The van der Waals surface area contributed by atoms with Gasteiger partial charge in [0.15, 0.2) is 0 Å². The number of hydrogen-bond donors (Lipinski definition) is 0. The van der Waals surface area contributed by atoms with Gasteiger partial charge in [-0.15, -0.1) is 0 Å². The number of carbonyl (C=O) groups excluding carboxylic acids is 1. The van der Waals surface area contributed by atoms with Crippen molar-refractivity contribution < 1.29 is 9.53 Å². The minimum atomic E-state index is -0.192. The predicted octanol–water partition coefficient (Wildman–Crippen LogP) is 1.42. The second-order valence-electron chi connectivity index (χ2n) is 4.06. The molecule has 0 unspecified atom stereocenters. The summed E-state index contributed by atoms with van der Waals surface area (Å²) in [5, 5.41) is 0. The molecule has 0 aliphatic carbocycles. The molecule has 0 aromatic heterocycles. The lowest BCUT2D eigenvalue weighted by Crippen LogP contribution is -2.40. The number of likely N-dealkylation sites (N-methyl/N-ethyl adjacent to an activating group) is 1. The van der Waals surface area contributed by atoms with E-state index in [-0.39, 0.29) is 24.2 Å². The third kappa shape index (κ3) is 2.44. The summed E-state index contributed by atoms with van der Waals surface area (Å²) in [5.74, 6) is 0.124. The molecule has 1 fully saturated rings. The van der Waals surface area contributed by atoms with Crippen LogP contribution in [0.25, 0.3) is 0 Å². The molecular formula is C10H19NO2. The molecule has 0 saturated carbocycles. The maximum absolute atomic E-state index is 11.7. The molecule has 3 heteroatoms. The van der Waals surface area contributed by atoms with Crippen molar-refractivity contribution in [2.24, 2.45) is 0 Å². The van der Waals surface area contributed by atoms with Gasteiger partial charge < -0.3 is 9.64 Å². The fourth-order valence-electron chi connectivity index (χ4n) is 1.47. The van der Waals surface area contributed by atoms with Crippen LogP contribution in [0, 0.1) is 0 Å². The van der Waals surface area contributed by atoms with Crippen molar-refractivity contribution in [3.05, 3.63) is 0 Å². The van der Waals surface area contributed by atoms with E-state index in [9.17, 15) is 4.79 Å². The summed E-state index contributed by atoms with van der Waals surface area (Å²) in [5.41, 5.74) is 0. The van der Waals surface area contributed by atoms with Gasteiger partial charge in [-0.2, -0.15) is 0 Å². The van der Waals surface area contributed by atoms with E-state index in [4.69, 9.17) is 4.74 Å². The minimum Gasteiger partial charge on any atom is -0.365 e. The Morgan fingerprint density at radius 2 is 2.08 bits per heavy atom. The SMILES string of the molecule is CC(C)N(C)C(=O)[C@@H]1CC[C@H](C)O1. The number of amides is 1. The fraction of sp³-hybridized carbons (Fsp3) is 0.900. The van der Waals surface area contributed by atoms with Crippen molar-refractivity contribution in [2.45, 2.75) is 51.9 Å². The molecule has 0 spiro atoms. The Balaban J connectivity index is 2.48. The van der Waals surface area contributed by atoms with Crippen molar-refractivity contribution in [1.82, 2.24) is 4.90 Å². The van der Waals surface area contributed by atoms with Crippen LogP contribution in [0.1, 0.15) is 33.6 Å². The Bertz CT molecular complexity index is 191. The van der Waals surface area contributed by atoms with Gasteiger partial charge in [0, 0.05) is 13.1 Å². The molecule has 3 nitrogen and oxygen atoms in total. The fourth-order valence-corrected chi connectivity index (χ4v) is 1.47. The first-order valence-electron chi connectivity index (χ1n) is 4.94. The van der Waals surface area contributed by atoms with Crippen molar-refractivity contribution in [1.29, 1.82) is 0 Å². The van der Waals surface area contributed by atoms with Crippen LogP contribution >= 0.6 is 0 Å². The molecular weight excluding hydrogens is 166 g/mol. The number of ether oxygens (including phenoxy) is 1. The zero-order valence-electron chi connectivity index (χ0n) is 8.91. The van der Waals surface area contributed by atoms with Gasteiger partial charge in [-0.3, -0.25) is 4.79 Å².